The van der Waals surface area contributed by atoms with E-state index in [1.165, 1.54) is 0 Å². The lowest BCUT2D eigenvalue weighted by molar-refractivity contribution is -0.150. The van der Waals surface area contributed by atoms with Gasteiger partial charge in [0.15, 0.2) is 0 Å². The minimum Gasteiger partial charge on any atom is -0.462 e. The zero-order chi connectivity index (χ0) is 8.06. The van der Waals surface area contributed by atoms with Gasteiger partial charge >= 0.3 is 5.97 Å². The first-order chi connectivity index (χ1) is 5.13. The summed E-state index contributed by atoms with van der Waals surface area (Å²) in [5, 5.41) is 0. The largest absolute Gasteiger partial charge is 0.462 e. The summed E-state index contributed by atoms with van der Waals surface area (Å²) >= 11 is 0. The SMILES string of the molecule is C[C@]12C[C@H](CCC1=O)OC2=O. The second kappa shape index (κ2) is 1.84. The first kappa shape index (κ1) is 6.83. The van der Waals surface area contributed by atoms with Crippen molar-refractivity contribution >= 4 is 11.8 Å². The molecule has 0 radical (unpaired) electrons. The van der Waals surface area contributed by atoms with Gasteiger partial charge in [0.1, 0.15) is 17.3 Å². The minimum atomic E-state index is -0.789. The molecule has 11 heavy (non-hydrogen) atoms. The second-order valence-electron chi connectivity index (χ2n) is 3.53. The van der Waals surface area contributed by atoms with Crippen molar-refractivity contribution in [2.45, 2.75) is 32.3 Å². The highest BCUT2D eigenvalue weighted by atomic mass is 16.6. The lowest BCUT2D eigenvalue weighted by Gasteiger charge is -2.20. The Morgan fingerprint density at radius 2 is 2.27 bits per heavy atom. The molecule has 1 saturated heterocycles. The molecule has 0 aromatic carbocycles. The molecule has 2 atom stereocenters. The average Bonchev–Trinajstić information content (AvgIpc) is 2.19. The van der Waals surface area contributed by atoms with Crippen LogP contribution in [0.25, 0.3) is 0 Å². The summed E-state index contributed by atoms with van der Waals surface area (Å²) in [5.74, 6) is -0.263. The highest BCUT2D eigenvalue weighted by Gasteiger charge is 2.53. The van der Waals surface area contributed by atoms with Gasteiger partial charge in [-0.25, -0.2) is 0 Å². The number of rotatable bonds is 0. The number of esters is 1. The van der Waals surface area contributed by atoms with Crippen LogP contribution < -0.4 is 0 Å². The molecule has 0 aromatic heterocycles. The van der Waals surface area contributed by atoms with E-state index in [4.69, 9.17) is 4.74 Å². The Bertz CT molecular complexity index is 223. The van der Waals surface area contributed by atoms with E-state index in [1.54, 1.807) is 6.92 Å². The molecule has 2 rings (SSSR count). The first-order valence-corrected chi connectivity index (χ1v) is 3.87. The van der Waals surface area contributed by atoms with E-state index >= 15 is 0 Å². The van der Waals surface area contributed by atoms with Crippen LogP contribution in [0.5, 0.6) is 0 Å². The topological polar surface area (TPSA) is 43.4 Å². The average molecular weight is 154 g/mol. The van der Waals surface area contributed by atoms with Crippen LogP contribution in [0.4, 0.5) is 0 Å². The maximum Gasteiger partial charge on any atom is 0.319 e. The molecule has 0 amide bonds. The molecular weight excluding hydrogens is 144 g/mol. The molecule has 3 nitrogen and oxygen atoms in total. The Kier molecular flexibility index (Phi) is 1.14. The number of carbonyl (C=O) groups excluding carboxylic acids is 2. The number of hydrogen-bond acceptors (Lipinski definition) is 3. The predicted molar refractivity (Wildman–Crippen MR) is 36.8 cm³/mol. The lowest BCUT2D eigenvalue weighted by Crippen LogP contribution is -2.34. The van der Waals surface area contributed by atoms with Crippen LogP contribution in [-0.4, -0.2) is 17.9 Å². The summed E-state index contributed by atoms with van der Waals surface area (Å²) in [6.45, 7) is 1.69. The quantitative estimate of drug-likeness (QED) is 0.380. The third kappa shape index (κ3) is 0.737. The summed E-state index contributed by atoms with van der Waals surface area (Å²) in [4.78, 5) is 22.4. The summed E-state index contributed by atoms with van der Waals surface area (Å²) in [5.41, 5.74) is -0.789. The monoisotopic (exact) mass is 154 g/mol. The van der Waals surface area contributed by atoms with E-state index in [1.807, 2.05) is 0 Å². The van der Waals surface area contributed by atoms with Gasteiger partial charge in [0, 0.05) is 12.8 Å². The van der Waals surface area contributed by atoms with Crippen molar-refractivity contribution < 1.29 is 14.3 Å². The Labute approximate surface area is 64.7 Å². The van der Waals surface area contributed by atoms with E-state index < -0.39 is 5.41 Å². The number of Topliss-reactive ketones (excluding diaryl/α,β-unsaturated/α-hetero) is 1. The van der Waals surface area contributed by atoms with Crippen molar-refractivity contribution in [2.75, 3.05) is 0 Å². The van der Waals surface area contributed by atoms with Crippen LogP contribution in [-0.2, 0) is 14.3 Å². The van der Waals surface area contributed by atoms with Crippen LogP contribution >= 0.6 is 0 Å². The molecule has 60 valence electrons. The van der Waals surface area contributed by atoms with E-state index in [9.17, 15) is 9.59 Å². The smallest absolute Gasteiger partial charge is 0.319 e. The van der Waals surface area contributed by atoms with Crippen LogP contribution in [0.15, 0.2) is 0 Å². The van der Waals surface area contributed by atoms with Gasteiger partial charge in [0.05, 0.1) is 0 Å². The molecule has 1 saturated carbocycles. The zero-order valence-electron chi connectivity index (χ0n) is 6.42. The summed E-state index contributed by atoms with van der Waals surface area (Å²) in [6, 6.07) is 0. The van der Waals surface area contributed by atoms with Crippen LogP contribution in [0.1, 0.15) is 26.2 Å². The molecule has 0 spiro atoms. The van der Waals surface area contributed by atoms with Gasteiger partial charge in [-0.05, 0) is 13.3 Å². The Morgan fingerprint density at radius 3 is 2.91 bits per heavy atom. The van der Waals surface area contributed by atoms with E-state index in [0.29, 0.717) is 12.8 Å². The normalized spacial score (nSPS) is 42.5. The standard InChI is InChI=1S/C8H10O3/c1-8-4-5(11-7(8)10)2-3-6(8)9/h5H,2-4H2,1H3/t5-,8-/m0/s1. The lowest BCUT2D eigenvalue weighted by atomic mass is 9.76. The fraction of sp³-hybridized carbons (Fsp3) is 0.750. The van der Waals surface area contributed by atoms with Gasteiger partial charge in [0.25, 0.3) is 0 Å². The number of hydrogen-bond donors (Lipinski definition) is 0. The third-order valence-corrected chi connectivity index (χ3v) is 2.67. The fourth-order valence-electron chi connectivity index (χ4n) is 1.82. The van der Waals surface area contributed by atoms with Gasteiger partial charge < -0.3 is 4.74 Å². The van der Waals surface area contributed by atoms with Crippen molar-refractivity contribution in [3.63, 3.8) is 0 Å². The molecule has 1 aliphatic heterocycles. The maximum atomic E-state index is 11.3. The number of fused-ring (bicyclic) bond motifs is 2. The molecule has 0 aromatic rings. The third-order valence-electron chi connectivity index (χ3n) is 2.67. The van der Waals surface area contributed by atoms with Crippen molar-refractivity contribution in [1.82, 2.24) is 0 Å². The van der Waals surface area contributed by atoms with E-state index in [0.717, 1.165) is 6.42 Å². The zero-order valence-corrected chi connectivity index (χ0v) is 6.42. The predicted octanol–water partition coefficient (Wildman–Crippen LogP) is 0.671. The Balaban J connectivity index is 2.38. The first-order valence-electron chi connectivity index (χ1n) is 3.87. The second-order valence-corrected chi connectivity index (χ2v) is 3.53. The summed E-state index contributed by atoms with van der Waals surface area (Å²) in [6.07, 6.45) is 1.85. The van der Waals surface area contributed by atoms with Crippen molar-refractivity contribution in [3.05, 3.63) is 0 Å². The van der Waals surface area contributed by atoms with Gasteiger partial charge in [-0.1, -0.05) is 0 Å². The number of ketones is 1. The highest BCUT2D eigenvalue weighted by Crippen LogP contribution is 2.41. The van der Waals surface area contributed by atoms with Crippen molar-refractivity contribution in [1.29, 1.82) is 0 Å². The van der Waals surface area contributed by atoms with Gasteiger partial charge in [-0.3, -0.25) is 9.59 Å². The van der Waals surface area contributed by atoms with Gasteiger partial charge in [-0.2, -0.15) is 0 Å². The molecule has 1 aliphatic carbocycles. The number of ether oxygens (including phenoxy) is 1. The minimum absolute atomic E-state index is 0.0187. The summed E-state index contributed by atoms with van der Waals surface area (Å²) < 4.78 is 5.00. The molecule has 0 unspecified atom stereocenters. The van der Waals surface area contributed by atoms with E-state index in [-0.39, 0.29) is 17.9 Å². The number of carbonyl (C=O) groups is 2. The molecular formula is C8H10O3. The molecule has 3 heteroatoms. The summed E-state index contributed by atoms with van der Waals surface area (Å²) in [7, 11) is 0. The molecule has 1 heterocycles. The van der Waals surface area contributed by atoms with Crippen LogP contribution in [0.3, 0.4) is 0 Å². The molecule has 2 fully saturated rings. The highest BCUT2D eigenvalue weighted by molar-refractivity contribution is 6.05. The van der Waals surface area contributed by atoms with Crippen molar-refractivity contribution in [3.8, 4) is 0 Å². The molecule has 2 bridgehead atoms. The Hall–Kier alpha value is -0.860. The van der Waals surface area contributed by atoms with Crippen molar-refractivity contribution in [2.24, 2.45) is 5.41 Å². The van der Waals surface area contributed by atoms with Crippen LogP contribution in [0.2, 0.25) is 0 Å². The van der Waals surface area contributed by atoms with Gasteiger partial charge in [0.2, 0.25) is 0 Å². The Morgan fingerprint density at radius 1 is 1.55 bits per heavy atom. The molecule has 0 N–H and O–H groups in total. The molecule has 2 aliphatic rings. The van der Waals surface area contributed by atoms with E-state index in [2.05, 4.69) is 0 Å². The fourth-order valence-corrected chi connectivity index (χ4v) is 1.82. The van der Waals surface area contributed by atoms with Gasteiger partial charge in [-0.15, -0.1) is 0 Å². The maximum absolute atomic E-state index is 11.3. The van der Waals surface area contributed by atoms with Crippen LogP contribution in [0, 0.1) is 5.41 Å².